The molecule has 170 valence electrons. The van der Waals surface area contributed by atoms with E-state index in [2.05, 4.69) is 5.92 Å². The number of ether oxygens (including phenoxy) is 2. The van der Waals surface area contributed by atoms with E-state index in [-0.39, 0.29) is 32.2 Å². The molecule has 0 aliphatic carbocycles. The first-order chi connectivity index (χ1) is 14.6. The van der Waals surface area contributed by atoms with Crippen molar-refractivity contribution in [2.45, 2.75) is 56.8 Å². The largest absolute Gasteiger partial charge is 0.475 e. The topological polar surface area (TPSA) is 155 Å². The lowest BCUT2D eigenvalue weighted by molar-refractivity contribution is -0.147. The average Bonchev–Trinajstić information content (AvgIpc) is 2.97. The van der Waals surface area contributed by atoms with Crippen LogP contribution in [0.3, 0.4) is 0 Å². The molecule has 12 nitrogen and oxygen atoms in total. The van der Waals surface area contributed by atoms with E-state index in [0.29, 0.717) is 0 Å². The van der Waals surface area contributed by atoms with Crippen molar-refractivity contribution in [3.8, 4) is 12.3 Å². The Hall–Kier alpha value is -2.26. The molecule has 0 radical (unpaired) electrons. The molecule has 0 amide bonds. The molecule has 13 heteroatoms. The number of hydrogen-bond donors (Lipinski definition) is 2. The number of H-pyrrole nitrogens is 1. The molecule has 0 aromatic carbocycles. The lowest BCUT2D eigenvalue weighted by atomic mass is 9.95. The highest BCUT2D eigenvalue weighted by atomic mass is 31.2. The monoisotopic (exact) mass is 458 g/mol. The summed E-state index contributed by atoms with van der Waals surface area (Å²) in [6.07, 6.45) is 2.86. The van der Waals surface area contributed by atoms with Gasteiger partial charge in [0.1, 0.15) is 12.2 Å². The summed E-state index contributed by atoms with van der Waals surface area (Å²) in [5.74, 6) is 1.70. The zero-order valence-corrected chi connectivity index (χ0v) is 17.8. The summed E-state index contributed by atoms with van der Waals surface area (Å²) in [6.45, 7) is 3.00. The maximum Gasteiger partial charge on any atom is 0.475 e. The van der Waals surface area contributed by atoms with Crippen LogP contribution >= 0.6 is 7.82 Å². The quantitative estimate of drug-likeness (QED) is 0.248. The van der Waals surface area contributed by atoms with Gasteiger partial charge in [-0.05, 0) is 20.3 Å². The van der Waals surface area contributed by atoms with Crippen LogP contribution in [0, 0.1) is 12.3 Å². The number of hydrogen-bond acceptors (Lipinski definition) is 10. The van der Waals surface area contributed by atoms with Crippen molar-refractivity contribution in [3.05, 3.63) is 33.1 Å². The fourth-order valence-electron chi connectivity index (χ4n) is 3.20. The molecule has 0 saturated carbocycles. The summed E-state index contributed by atoms with van der Waals surface area (Å²) in [5.41, 5.74) is -3.72. The fraction of sp³-hybridized carbons (Fsp3) is 0.611. The van der Waals surface area contributed by atoms with Crippen LogP contribution in [-0.4, -0.2) is 57.8 Å². The molecular weight excluding hydrogens is 435 g/mol. The second kappa shape index (κ2) is 9.08. The number of esters is 1. The molecule has 3 heterocycles. The van der Waals surface area contributed by atoms with Crippen LogP contribution in [0.15, 0.2) is 21.9 Å². The van der Waals surface area contributed by atoms with Crippen molar-refractivity contribution in [2.75, 3.05) is 13.2 Å². The SMILES string of the molecule is C#C[C@@]1(O)[C@@H]2OP(=O)(OCCCC(=O)OC(C)C)OC[C@H]2O[C@H]1n1ccc(=O)[nH]c1=O. The minimum atomic E-state index is -4.13. The van der Waals surface area contributed by atoms with Gasteiger partial charge in [0.05, 0.1) is 19.3 Å². The van der Waals surface area contributed by atoms with Gasteiger partial charge in [0.2, 0.25) is 0 Å². The Morgan fingerprint density at radius 1 is 1.52 bits per heavy atom. The Labute approximate surface area is 177 Å². The van der Waals surface area contributed by atoms with Crippen LogP contribution in [0.1, 0.15) is 32.9 Å². The van der Waals surface area contributed by atoms with Crippen LogP contribution in [0.4, 0.5) is 0 Å². The molecule has 2 N–H and O–H groups in total. The maximum absolute atomic E-state index is 12.8. The van der Waals surface area contributed by atoms with Gasteiger partial charge in [0.15, 0.2) is 11.8 Å². The summed E-state index contributed by atoms with van der Waals surface area (Å²) >= 11 is 0. The first-order valence-corrected chi connectivity index (χ1v) is 11.0. The van der Waals surface area contributed by atoms with Crippen molar-refractivity contribution in [1.29, 1.82) is 0 Å². The van der Waals surface area contributed by atoms with E-state index in [9.17, 15) is 24.1 Å². The predicted molar refractivity (Wildman–Crippen MR) is 104 cm³/mol. The van der Waals surface area contributed by atoms with Crippen LogP contribution in [0.5, 0.6) is 0 Å². The molecule has 1 aromatic heterocycles. The number of nitrogens with zero attached hydrogens (tertiary/aromatic N) is 1. The number of aromatic amines is 1. The minimum Gasteiger partial charge on any atom is -0.463 e. The number of nitrogens with one attached hydrogen (secondary N) is 1. The zero-order valence-electron chi connectivity index (χ0n) is 16.9. The van der Waals surface area contributed by atoms with E-state index >= 15 is 0 Å². The number of aliphatic hydroxyl groups is 1. The summed E-state index contributed by atoms with van der Waals surface area (Å²) in [4.78, 5) is 37.0. The normalized spacial score (nSPS) is 32.4. The van der Waals surface area contributed by atoms with Gasteiger partial charge in [-0.25, -0.2) is 9.36 Å². The fourth-order valence-corrected chi connectivity index (χ4v) is 4.65. The van der Waals surface area contributed by atoms with E-state index in [1.807, 2.05) is 4.98 Å². The highest BCUT2D eigenvalue weighted by Gasteiger charge is 2.62. The minimum absolute atomic E-state index is 0.0405. The molecule has 31 heavy (non-hydrogen) atoms. The van der Waals surface area contributed by atoms with Crippen molar-refractivity contribution in [1.82, 2.24) is 9.55 Å². The van der Waals surface area contributed by atoms with Gasteiger partial charge in [0.25, 0.3) is 5.56 Å². The molecule has 1 aromatic rings. The Morgan fingerprint density at radius 3 is 2.90 bits per heavy atom. The van der Waals surface area contributed by atoms with Gasteiger partial charge in [-0.15, -0.1) is 6.42 Å². The number of phosphoric ester groups is 1. The van der Waals surface area contributed by atoms with Crippen molar-refractivity contribution < 1.29 is 37.5 Å². The summed E-state index contributed by atoms with van der Waals surface area (Å²) < 4.78 is 40.1. The van der Waals surface area contributed by atoms with Crippen LogP contribution in [-0.2, 0) is 32.4 Å². The number of aromatic nitrogens is 2. The van der Waals surface area contributed by atoms with Gasteiger partial charge in [-0.2, -0.15) is 0 Å². The van der Waals surface area contributed by atoms with E-state index < -0.39 is 49.1 Å². The van der Waals surface area contributed by atoms with Crippen molar-refractivity contribution >= 4 is 13.8 Å². The Bertz CT molecular complexity index is 1030. The first-order valence-electron chi connectivity index (χ1n) is 9.52. The average molecular weight is 458 g/mol. The van der Waals surface area contributed by atoms with Gasteiger partial charge in [-0.3, -0.25) is 32.7 Å². The van der Waals surface area contributed by atoms with Crippen LogP contribution in [0.2, 0.25) is 0 Å². The predicted octanol–water partition coefficient (Wildman–Crippen LogP) is 0.0702. The third-order valence-electron chi connectivity index (χ3n) is 4.57. The highest BCUT2D eigenvalue weighted by Crippen LogP contribution is 2.58. The number of fused-ring (bicyclic) bond motifs is 1. The van der Waals surface area contributed by atoms with Gasteiger partial charge < -0.3 is 14.6 Å². The standard InChI is InChI=1S/C18H23N2O10P/c1-4-18(24)15-12(29-16(18)20-8-7-13(21)19-17(20)23)10-27-31(25,30-15)26-9-5-6-14(22)28-11(2)3/h1,7-8,11-12,15-16,24H,5-6,9-10H2,2-3H3,(H,19,21,23)/t12-,15-,16-,18-,31?/m1/s1. The van der Waals surface area contributed by atoms with Gasteiger partial charge >= 0.3 is 19.5 Å². The second-order valence-corrected chi connectivity index (χ2v) is 8.88. The smallest absolute Gasteiger partial charge is 0.463 e. The van der Waals surface area contributed by atoms with Gasteiger partial charge in [0, 0.05) is 18.7 Å². The second-order valence-electron chi connectivity index (χ2n) is 7.26. The van der Waals surface area contributed by atoms with E-state index in [1.54, 1.807) is 13.8 Å². The van der Waals surface area contributed by atoms with E-state index in [0.717, 1.165) is 16.8 Å². The summed E-state index contributed by atoms with van der Waals surface area (Å²) in [7, 11) is -4.13. The zero-order chi connectivity index (χ0) is 22.8. The Morgan fingerprint density at radius 2 is 2.26 bits per heavy atom. The molecule has 5 atom stereocenters. The number of carbonyl (C=O) groups excluding carboxylic acids is 1. The number of phosphoric acid groups is 1. The van der Waals surface area contributed by atoms with Crippen molar-refractivity contribution in [3.63, 3.8) is 0 Å². The lowest BCUT2D eigenvalue weighted by Crippen LogP contribution is -2.50. The molecule has 2 aliphatic heterocycles. The van der Waals surface area contributed by atoms with E-state index in [4.69, 9.17) is 29.5 Å². The van der Waals surface area contributed by atoms with Crippen LogP contribution < -0.4 is 11.2 Å². The molecule has 3 rings (SSSR count). The Kier molecular flexibility index (Phi) is 6.85. The number of carbonyl (C=O) groups is 1. The van der Waals surface area contributed by atoms with E-state index in [1.165, 1.54) is 0 Å². The lowest BCUT2D eigenvalue weighted by Gasteiger charge is -2.34. The summed E-state index contributed by atoms with van der Waals surface area (Å²) in [6, 6.07) is 1.05. The molecule has 2 fully saturated rings. The highest BCUT2D eigenvalue weighted by molar-refractivity contribution is 7.48. The van der Waals surface area contributed by atoms with Crippen molar-refractivity contribution in [2.24, 2.45) is 0 Å². The first kappa shape index (κ1) is 23.4. The number of rotatable bonds is 7. The molecule has 2 aliphatic rings. The molecule has 0 bridgehead atoms. The maximum atomic E-state index is 12.8. The summed E-state index contributed by atoms with van der Waals surface area (Å²) in [5, 5.41) is 11.0. The Balaban J connectivity index is 1.69. The molecule has 1 unspecified atom stereocenters. The molecule has 2 saturated heterocycles. The molecular formula is C18H23N2O10P. The van der Waals surface area contributed by atoms with Crippen LogP contribution in [0.25, 0.3) is 0 Å². The third kappa shape index (κ3) is 4.98. The molecule has 0 spiro atoms. The third-order valence-corrected chi connectivity index (χ3v) is 6.02. The van der Waals surface area contributed by atoms with Gasteiger partial charge in [-0.1, -0.05) is 5.92 Å². The number of terminal acetylenes is 1.